The fourth-order valence-corrected chi connectivity index (χ4v) is 2.13. The first-order chi connectivity index (χ1) is 8.90. The van der Waals surface area contributed by atoms with E-state index in [-0.39, 0.29) is 17.9 Å². The van der Waals surface area contributed by atoms with Crippen LogP contribution in [-0.2, 0) is 11.3 Å². The van der Waals surface area contributed by atoms with Gasteiger partial charge in [0.2, 0.25) is 5.91 Å². The summed E-state index contributed by atoms with van der Waals surface area (Å²) in [6.07, 6.45) is 2.86. The number of hydrogen-bond acceptors (Lipinski definition) is 3. The highest BCUT2D eigenvalue weighted by atomic mass is 16.3. The SMILES string of the molecule is Cc1ccc(CN(C)C(=O)C(C)CCCC(C)N)o1. The number of amides is 1. The lowest BCUT2D eigenvalue weighted by Gasteiger charge is -2.20. The van der Waals surface area contributed by atoms with Gasteiger partial charge in [-0.1, -0.05) is 13.3 Å². The molecule has 2 atom stereocenters. The molecule has 1 heterocycles. The fourth-order valence-electron chi connectivity index (χ4n) is 2.13. The van der Waals surface area contributed by atoms with Crippen LogP contribution >= 0.6 is 0 Å². The summed E-state index contributed by atoms with van der Waals surface area (Å²) in [6.45, 7) is 6.41. The average molecular weight is 266 g/mol. The smallest absolute Gasteiger partial charge is 0.225 e. The second-order valence-corrected chi connectivity index (χ2v) is 5.52. The zero-order valence-electron chi connectivity index (χ0n) is 12.5. The van der Waals surface area contributed by atoms with Gasteiger partial charge in [0.05, 0.1) is 6.54 Å². The maximum absolute atomic E-state index is 12.2. The van der Waals surface area contributed by atoms with Crippen molar-refractivity contribution in [2.24, 2.45) is 11.7 Å². The van der Waals surface area contributed by atoms with Crippen LogP contribution in [0.2, 0.25) is 0 Å². The molecule has 4 nitrogen and oxygen atoms in total. The molecule has 1 aromatic heterocycles. The molecule has 0 saturated heterocycles. The van der Waals surface area contributed by atoms with E-state index in [1.54, 1.807) is 4.90 Å². The van der Waals surface area contributed by atoms with Crippen LogP contribution in [0.5, 0.6) is 0 Å². The Balaban J connectivity index is 2.38. The van der Waals surface area contributed by atoms with Gasteiger partial charge in [-0.05, 0) is 38.8 Å². The first-order valence-corrected chi connectivity index (χ1v) is 6.96. The van der Waals surface area contributed by atoms with Gasteiger partial charge in [-0.2, -0.15) is 0 Å². The van der Waals surface area contributed by atoms with Crippen LogP contribution in [0, 0.1) is 12.8 Å². The molecule has 2 unspecified atom stereocenters. The number of hydrogen-bond donors (Lipinski definition) is 1. The summed E-state index contributed by atoms with van der Waals surface area (Å²) in [4.78, 5) is 13.9. The maximum Gasteiger partial charge on any atom is 0.225 e. The van der Waals surface area contributed by atoms with E-state index in [2.05, 4.69) is 0 Å². The zero-order valence-corrected chi connectivity index (χ0v) is 12.5. The topological polar surface area (TPSA) is 59.5 Å². The Morgan fingerprint density at radius 3 is 2.58 bits per heavy atom. The second-order valence-electron chi connectivity index (χ2n) is 5.52. The van der Waals surface area contributed by atoms with Crippen molar-refractivity contribution in [1.29, 1.82) is 0 Å². The highest BCUT2D eigenvalue weighted by Crippen LogP contribution is 2.14. The minimum atomic E-state index is 0.0415. The van der Waals surface area contributed by atoms with Gasteiger partial charge in [0, 0.05) is 19.0 Å². The lowest BCUT2D eigenvalue weighted by molar-refractivity contribution is -0.134. The maximum atomic E-state index is 12.2. The molecule has 108 valence electrons. The Hall–Kier alpha value is -1.29. The lowest BCUT2D eigenvalue weighted by Crippen LogP contribution is -2.31. The molecular weight excluding hydrogens is 240 g/mol. The van der Waals surface area contributed by atoms with Gasteiger partial charge >= 0.3 is 0 Å². The van der Waals surface area contributed by atoms with E-state index in [0.29, 0.717) is 6.54 Å². The summed E-state index contributed by atoms with van der Waals surface area (Å²) in [5.74, 6) is 1.91. The molecule has 0 aliphatic rings. The van der Waals surface area contributed by atoms with Crippen molar-refractivity contribution in [2.75, 3.05) is 7.05 Å². The number of carbonyl (C=O) groups excluding carboxylic acids is 1. The summed E-state index contributed by atoms with van der Waals surface area (Å²) < 4.78 is 5.49. The molecule has 0 radical (unpaired) electrons. The first kappa shape index (κ1) is 15.8. The van der Waals surface area contributed by atoms with Gasteiger partial charge in [0.25, 0.3) is 0 Å². The van der Waals surface area contributed by atoms with Crippen molar-refractivity contribution in [2.45, 2.75) is 52.6 Å². The van der Waals surface area contributed by atoms with Crippen LogP contribution in [-0.4, -0.2) is 23.9 Å². The number of furan rings is 1. The molecule has 0 aliphatic heterocycles. The molecule has 19 heavy (non-hydrogen) atoms. The van der Waals surface area contributed by atoms with Crippen LogP contribution in [0.4, 0.5) is 0 Å². The molecule has 0 aromatic carbocycles. The molecule has 0 bridgehead atoms. The predicted octanol–water partition coefficient (Wildman–Crippen LogP) is 2.70. The van der Waals surface area contributed by atoms with Crippen molar-refractivity contribution in [1.82, 2.24) is 4.90 Å². The molecule has 0 fully saturated rings. The van der Waals surface area contributed by atoms with Crippen LogP contribution in [0.1, 0.15) is 44.6 Å². The minimum Gasteiger partial charge on any atom is -0.464 e. The van der Waals surface area contributed by atoms with Crippen LogP contribution in [0.15, 0.2) is 16.5 Å². The van der Waals surface area contributed by atoms with Crippen molar-refractivity contribution in [3.05, 3.63) is 23.7 Å². The molecule has 1 aromatic rings. The molecule has 1 amide bonds. The predicted molar refractivity (Wildman–Crippen MR) is 76.6 cm³/mol. The summed E-state index contributed by atoms with van der Waals surface area (Å²) in [5.41, 5.74) is 5.71. The van der Waals surface area contributed by atoms with Gasteiger partial charge in [-0.15, -0.1) is 0 Å². The average Bonchev–Trinajstić information content (AvgIpc) is 2.73. The lowest BCUT2D eigenvalue weighted by atomic mass is 10.0. The highest BCUT2D eigenvalue weighted by Gasteiger charge is 2.18. The third kappa shape index (κ3) is 5.47. The molecule has 0 saturated carbocycles. The number of rotatable bonds is 7. The Kier molecular flexibility index (Phi) is 6.09. The van der Waals surface area contributed by atoms with E-state index in [0.717, 1.165) is 30.8 Å². The number of aryl methyl sites for hydroxylation is 1. The van der Waals surface area contributed by atoms with Gasteiger partial charge < -0.3 is 15.1 Å². The summed E-state index contributed by atoms with van der Waals surface area (Å²) in [6, 6.07) is 4.05. The van der Waals surface area contributed by atoms with Crippen LogP contribution < -0.4 is 5.73 Å². The van der Waals surface area contributed by atoms with Gasteiger partial charge in [0.1, 0.15) is 11.5 Å². The van der Waals surface area contributed by atoms with E-state index >= 15 is 0 Å². The number of nitrogens with two attached hydrogens (primary N) is 1. The molecular formula is C15H26N2O2. The van der Waals surface area contributed by atoms with E-state index in [4.69, 9.17) is 10.2 Å². The molecule has 2 N–H and O–H groups in total. The van der Waals surface area contributed by atoms with Crippen molar-refractivity contribution in [3.63, 3.8) is 0 Å². The Morgan fingerprint density at radius 2 is 2.05 bits per heavy atom. The minimum absolute atomic E-state index is 0.0415. The first-order valence-electron chi connectivity index (χ1n) is 6.96. The fraction of sp³-hybridized carbons (Fsp3) is 0.667. The summed E-state index contributed by atoms with van der Waals surface area (Å²) >= 11 is 0. The normalized spacial score (nSPS) is 14.2. The van der Waals surface area contributed by atoms with Crippen LogP contribution in [0.3, 0.4) is 0 Å². The third-order valence-electron chi connectivity index (χ3n) is 3.28. The van der Waals surface area contributed by atoms with Crippen LogP contribution in [0.25, 0.3) is 0 Å². The Morgan fingerprint density at radius 1 is 1.37 bits per heavy atom. The van der Waals surface area contributed by atoms with Crippen molar-refractivity contribution >= 4 is 5.91 Å². The second kappa shape index (κ2) is 7.34. The highest BCUT2D eigenvalue weighted by molar-refractivity contribution is 5.78. The van der Waals surface area contributed by atoms with Crippen molar-refractivity contribution in [3.8, 4) is 0 Å². The summed E-state index contributed by atoms with van der Waals surface area (Å²) in [5, 5.41) is 0. The van der Waals surface area contributed by atoms with E-state index in [9.17, 15) is 4.79 Å². The molecule has 0 spiro atoms. The molecule has 0 aliphatic carbocycles. The Labute approximate surface area is 116 Å². The van der Waals surface area contributed by atoms with Crippen molar-refractivity contribution < 1.29 is 9.21 Å². The van der Waals surface area contributed by atoms with E-state index in [1.807, 2.05) is 40.0 Å². The monoisotopic (exact) mass is 266 g/mol. The van der Waals surface area contributed by atoms with Gasteiger partial charge in [-0.3, -0.25) is 4.79 Å². The third-order valence-corrected chi connectivity index (χ3v) is 3.28. The standard InChI is InChI=1S/C15H26N2O2/c1-11(6-5-7-12(2)16)15(18)17(4)10-14-9-8-13(3)19-14/h8-9,11-12H,5-7,10,16H2,1-4H3. The van der Waals surface area contributed by atoms with E-state index < -0.39 is 0 Å². The van der Waals surface area contributed by atoms with Gasteiger partial charge in [0.15, 0.2) is 0 Å². The quantitative estimate of drug-likeness (QED) is 0.825. The molecule has 4 heteroatoms. The zero-order chi connectivity index (χ0) is 14.4. The number of carbonyl (C=O) groups is 1. The van der Waals surface area contributed by atoms with E-state index in [1.165, 1.54) is 0 Å². The number of nitrogens with zero attached hydrogens (tertiary/aromatic N) is 1. The molecule has 1 rings (SSSR count). The summed E-state index contributed by atoms with van der Waals surface area (Å²) in [7, 11) is 1.82. The largest absolute Gasteiger partial charge is 0.464 e. The Bertz CT molecular complexity index is 399. The van der Waals surface area contributed by atoms with Gasteiger partial charge in [-0.25, -0.2) is 0 Å².